The summed E-state index contributed by atoms with van der Waals surface area (Å²) < 4.78 is 18.0. The van der Waals surface area contributed by atoms with Crippen molar-refractivity contribution in [3.8, 4) is 28.7 Å². The summed E-state index contributed by atoms with van der Waals surface area (Å²) in [5.74, 6) is 1.54. The summed E-state index contributed by atoms with van der Waals surface area (Å²) in [6.45, 7) is 1.28. The molecule has 8 heteroatoms. The van der Waals surface area contributed by atoms with Gasteiger partial charge in [0.1, 0.15) is 17.2 Å². The molecule has 1 unspecified atom stereocenters. The lowest BCUT2D eigenvalue weighted by Crippen LogP contribution is -2.41. The van der Waals surface area contributed by atoms with Crippen LogP contribution in [0.3, 0.4) is 0 Å². The van der Waals surface area contributed by atoms with Gasteiger partial charge in [-0.15, -0.1) is 0 Å². The maximum atomic E-state index is 13.8. The van der Waals surface area contributed by atoms with Crippen LogP contribution in [0.1, 0.15) is 45.1 Å². The normalized spacial score (nSPS) is 16.4. The molecule has 3 aliphatic heterocycles. The molecule has 7 rings (SSSR count). The van der Waals surface area contributed by atoms with E-state index in [9.17, 15) is 14.7 Å². The molecule has 4 aromatic carbocycles. The van der Waals surface area contributed by atoms with E-state index in [1.54, 1.807) is 13.2 Å². The van der Waals surface area contributed by atoms with Crippen molar-refractivity contribution in [3.63, 3.8) is 0 Å². The fourth-order valence-corrected chi connectivity index (χ4v) is 5.59. The molecular formula is C34H32N2O6. The van der Waals surface area contributed by atoms with Crippen LogP contribution in [0, 0.1) is 0 Å². The molecule has 1 atom stereocenters. The number of fused-ring (bicyclic) bond motifs is 6. The van der Waals surface area contributed by atoms with Crippen LogP contribution in [0.2, 0.25) is 0 Å². The third-order valence-corrected chi connectivity index (χ3v) is 7.66. The number of methoxy groups -OCH3 is 1. The first kappa shape index (κ1) is 27.2. The van der Waals surface area contributed by atoms with E-state index in [4.69, 9.17) is 14.2 Å². The zero-order valence-corrected chi connectivity index (χ0v) is 23.3. The molecule has 0 aromatic heterocycles. The van der Waals surface area contributed by atoms with Crippen molar-refractivity contribution >= 4 is 11.8 Å². The Morgan fingerprint density at radius 3 is 2.71 bits per heavy atom. The Morgan fingerprint density at radius 1 is 1.02 bits per heavy atom. The van der Waals surface area contributed by atoms with Crippen molar-refractivity contribution in [2.45, 2.75) is 25.3 Å². The number of carbonyl (C=O) groups is 2. The minimum Gasteiger partial charge on any atom is -0.507 e. The molecule has 0 spiro atoms. The molecule has 3 heterocycles. The van der Waals surface area contributed by atoms with Gasteiger partial charge in [0, 0.05) is 13.1 Å². The first-order valence-corrected chi connectivity index (χ1v) is 14.1. The molecule has 0 saturated heterocycles. The SMILES string of the molecule is COc1cc2c3cc1Oc1ccc(O)c(c1)C(=O)NCCCOc1cccc(c1)C2N(C(=O)Cc1ccccc1)CC3. The lowest BCUT2D eigenvalue weighted by molar-refractivity contribution is -0.132. The summed E-state index contributed by atoms with van der Waals surface area (Å²) in [6.07, 6.45) is 1.50. The first-order chi connectivity index (χ1) is 20.5. The number of hydrogen-bond donors (Lipinski definition) is 2. The number of nitrogens with one attached hydrogen (secondary N) is 1. The zero-order chi connectivity index (χ0) is 29.1. The van der Waals surface area contributed by atoms with Crippen LogP contribution in [0.4, 0.5) is 0 Å². The monoisotopic (exact) mass is 564 g/mol. The lowest BCUT2D eigenvalue weighted by Gasteiger charge is -2.38. The Morgan fingerprint density at radius 2 is 1.88 bits per heavy atom. The van der Waals surface area contributed by atoms with Crippen LogP contribution in [-0.4, -0.2) is 48.6 Å². The first-order valence-electron chi connectivity index (χ1n) is 14.1. The number of hydrogen-bond acceptors (Lipinski definition) is 6. The highest BCUT2D eigenvalue weighted by atomic mass is 16.5. The van der Waals surface area contributed by atoms with Crippen LogP contribution in [0.5, 0.6) is 28.7 Å². The molecule has 0 saturated carbocycles. The van der Waals surface area contributed by atoms with Gasteiger partial charge < -0.3 is 29.5 Å². The number of benzene rings is 4. The fourth-order valence-electron chi connectivity index (χ4n) is 5.59. The highest BCUT2D eigenvalue weighted by Gasteiger charge is 2.34. The standard InChI is InChI=1S/C34H32N2O6/c1-40-30-21-27-23-13-15-36(32(38)17-22-7-3-2-4-8-22)33(27)24-9-5-10-25(18-24)41-16-6-14-35-34(39)28-20-26(11-12-29(28)37)42-31(30)19-23/h2-5,7-12,18-21,33,37H,6,13-17H2,1H3,(H,35,39). The Hall–Kier alpha value is -4.98. The van der Waals surface area contributed by atoms with Crippen LogP contribution < -0.4 is 19.5 Å². The van der Waals surface area contributed by atoms with Crippen molar-refractivity contribution in [1.82, 2.24) is 10.2 Å². The predicted octanol–water partition coefficient (Wildman–Crippen LogP) is 5.42. The molecule has 0 fully saturated rings. The van der Waals surface area contributed by atoms with E-state index in [1.165, 1.54) is 12.1 Å². The summed E-state index contributed by atoms with van der Waals surface area (Å²) in [6, 6.07) is 25.7. The van der Waals surface area contributed by atoms with Gasteiger partial charge in [0.05, 0.1) is 31.7 Å². The Bertz CT molecular complexity index is 1620. The molecule has 2 N–H and O–H groups in total. The molecule has 42 heavy (non-hydrogen) atoms. The predicted molar refractivity (Wildman–Crippen MR) is 157 cm³/mol. The van der Waals surface area contributed by atoms with Gasteiger partial charge in [0.2, 0.25) is 5.91 Å². The fraction of sp³-hybridized carbons (Fsp3) is 0.235. The number of rotatable bonds is 3. The minimum absolute atomic E-state index is 0.0389. The highest BCUT2D eigenvalue weighted by molar-refractivity contribution is 5.97. The van der Waals surface area contributed by atoms with E-state index in [0.717, 1.165) is 22.3 Å². The molecule has 8 nitrogen and oxygen atoms in total. The molecular weight excluding hydrogens is 532 g/mol. The number of ether oxygens (including phenoxy) is 3. The van der Waals surface area contributed by atoms with Crippen molar-refractivity contribution in [2.24, 2.45) is 0 Å². The maximum Gasteiger partial charge on any atom is 0.255 e. The number of phenolic OH excluding ortho intramolecular Hbond substituents is 1. The molecule has 0 radical (unpaired) electrons. The number of carbonyl (C=O) groups excluding carboxylic acids is 2. The Kier molecular flexibility index (Phi) is 7.68. The van der Waals surface area contributed by atoms with E-state index in [-0.39, 0.29) is 23.3 Å². The van der Waals surface area contributed by atoms with Gasteiger partial charge in [-0.2, -0.15) is 0 Å². The highest BCUT2D eigenvalue weighted by Crippen LogP contribution is 2.43. The topological polar surface area (TPSA) is 97.3 Å². The zero-order valence-electron chi connectivity index (χ0n) is 23.3. The smallest absolute Gasteiger partial charge is 0.255 e. The summed E-state index contributed by atoms with van der Waals surface area (Å²) in [5, 5.41) is 13.2. The second-order valence-electron chi connectivity index (χ2n) is 10.4. The van der Waals surface area contributed by atoms with Gasteiger partial charge >= 0.3 is 0 Å². The molecule has 4 aromatic rings. The van der Waals surface area contributed by atoms with Gasteiger partial charge in [0.25, 0.3) is 5.91 Å². The van der Waals surface area contributed by atoms with Crippen molar-refractivity contribution in [3.05, 3.63) is 113 Å². The lowest BCUT2D eigenvalue weighted by atomic mass is 9.87. The van der Waals surface area contributed by atoms with Gasteiger partial charge in [-0.3, -0.25) is 9.59 Å². The summed E-state index contributed by atoms with van der Waals surface area (Å²) in [7, 11) is 1.57. The van der Waals surface area contributed by atoms with Crippen LogP contribution in [0.25, 0.3) is 0 Å². The molecule has 214 valence electrons. The Labute approximate surface area is 244 Å². The van der Waals surface area contributed by atoms with Gasteiger partial charge in [-0.1, -0.05) is 42.5 Å². The minimum atomic E-state index is -0.401. The average molecular weight is 565 g/mol. The molecule has 3 aliphatic rings. The number of phenols is 1. The third-order valence-electron chi connectivity index (χ3n) is 7.66. The van der Waals surface area contributed by atoms with Gasteiger partial charge in [-0.25, -0.2) is 0 Å². The summed E-state index contributed by atoms with van der Waals surface area (Å²) in [5.41, 5.74) is 4.00. The second kappa shape index (κ2) is 11.9. The molecule has 2 amide bonds. The van der Waals surface area contributed by atoms with E-state index < -0.39 is 5.91 Å². The van der Waals surface area contributed by atoms with E-state index in [2.05, 4.69) is 5.32 Å². The maximum absolute atomic E-state index is 13.8. The number of aromatic hydroxyl groups is 1. The van der Waals surface area contributed by atoms with E-state index >= 15 is 0 Å². The largest absolute Gasteiger partial charge is 0.507 e. The summed E-state index contributed by atoms with van der Waals surface area (Å²) in [4.78, 5) is 28.5. The summed E-state index contributed by atoms with van der Waals surface area (Å²) >= 11 is 0. The van der Waals surface area contributed by atoms with Crippen molar-refractivity contribution in [1.29, 1.82) is 0 Å². The Balaban J connectivity index is 1.45. The van der Waals surface area contributed by atoms with E-state index in [0.29, 0.717) is 62.0 Å². The molecule has 0 aliphatic carbocycles. The van der Waals surface area contributed by atoms with Crippen LogP contribution in [0.15, 0.2) is 84.9 Å². The van der Waals surface area contributed by atoms with Crippen LogP contribution in [-0.2, 0) is 17.6 Å². The second-order valence-corrected chi connectivity index (χ2v) is 10.4. The number of nitrogens with zero attached hydrogens (tertiary/aromatic N) is 1. The van der Waals surface area contributed by atoms with Gasteiger partial charge in [0.15, 0.2) is 11.5 Å². The quantitative estimate of drug-likeness (QED) is 0.345. The third kappa shape index (κ3) is 5.61. The average Bonchev–Trinajstić information content (AvgIpc) is 3.01. The van der Waals surface area contributed by atoms with E-state index in [1.807, 2.05) is 71.6 Å². The van der Waals surface area contributed by atoms with Crippen molar-refractivity contribution < 1.29 is 28.9 Å². The number of amides is 2. The van der Waals surface area contributed by atoms with Crippen LogP contribution >= 0.6 is 0 Å². The molecule has 8 bridgehead atoms. The van der Waals surface area contributed by atoms with Gasteiger partial charge in [-0.05, 0) is 77.6 Å². The van der Waals surface area contributed by atoms with Crippen molar-refractivity contribution in [2.75, 3.05) is 26.8 Å².